The number of carboxylic acid groups (broad SMARTS) is 1. The van der Waals surface area contributed by atoms with Crippen molar-refractivity contribution in [1.29, 1.82) is 0 Å². The van der Waals surface area contributed by atoms with Crippen LogP contribution >= 0.6 is 23.2 Å². The quantitative estimate of drug-likeness (QED) is 0.305. The van der Waals surface area contributed by atoms with Crippen LogP contribution in [0.15, 0.2) is 42.5 Å². The summed E-state index contributed by atoms with van der Waals surface area (Å²) in [6.45, 7) is 3.98. The zero-order valence-corrected chi connectivity index (χ0v) is 22.4. The van der Waals surface area contributed by atoms with Gasteiger partial charge in [-0.3, -0.25) is 4.90 Å². The average molecular weight is 571 g/mol. The van der Waals surface area contributed by atoms with Gasteiger partial charge in [-0.1, -0.05) is 29.3 Å². The van der Waals surface area contributed by atoms with E-state index in [-0.39, 0.29) is 18.1 Å². The zero-order valence-electron chi connectivity index (χ0n) is 20.9. The number of pyridine rings is 1. The second-order valence-electron chi connectivity index (χ2n) is 9.92. The minimum absolute atomic E-state index is 0.0224. The highest BCUT2D eigenvalue weighted by Crippen LogP contribution is 2.30. The van der Waals surface area contributed by atoms with E-state index < -0.39 is 11.8 Å². The lowest BCUT2D eigenvalue weighted by Gasteiger charge is -2.30. The van der Waals surface area contributed by atoms with Crippen LogP contribution in [0.1, 0.15) is 33.0 Å². The number of imidazole rings is 1. The number of fused-ring (bicyclic) bond motifs is 2. The maximum Gasteiger partial charge on any atom is 0.335 e. The minimum Gasteiger partial charge on any atom is -0.478 e. The summed E-state index contributed by atoms with van der Waals surface area (Å²) in [5, 5.41) is 10.2. The van der Waals surface area contributed by atoms with E-state index in [0.29, 0.717) is 54.4 Å². The average Bonchev–Trinajstić information content (AvgIpc) is 3.21. The number of nitrogens with zero attached hydrogens (tertiary/aromatic N) is 4. The third-order valence-corrected chi connectivity index (χ3v) is 7.66. The lowest BCUT2D eigenvalue weighted by atomic mass is 10.1. The molecule has 0 spiro atoms. The molecule has 0 radical (unpaired) electrons. The van der Waals surface area contributed by atoms with Crippen molar-refractivity contribution in [2.24, 2.45) is 5.92 Å². The van der Waals surface area contributed by atoms with Gasteiger partial charge >= 0.3 is 5.97 Å². The molecule has 39 heavy (non-hydrogen) atoms. The summed E-state index contributed by atoms with van der Waals surface area (Å²) < 4.78 is 27.5. The van der Waals surface area contributed by atoms with E-state index in [1.807, 2.05) is 6.07 Å². The molecule has 0 aliphatic carbocycles. The molecule has 202 valence electrons. The standard InChI is InChI=1S/C28H25Cl2FN4O4/c29-20-3-1-19(22(31)9-20)15-39-27-21(30)7-17-5-6-34(11-24(17)33-27)12-26-32-23-4-2-18(28(36)37)8-25(23)35(26)10-16-13-38-14-16/h1-4,7-9,16H,5-6,10-15H2,(H,36,37). The van der Waals surface area contributed by atoms with Crippen LogP contribution in [0.2, 0.25) is 10.0 Å². The lowest BCUT2D eigenvalue weighted by Crippen LogP contribution is -2.34. The Bertz CT molecular complexity index is 1570. The van der Waals surface area contributed by atoms with Gasteiger partial charge in [-0.05, 0) is 48.4 Å². The number of benzene rings is 2. The number of carboxylic acids is 1. The Morgan fingerprint density at radius 3 is 2.74 bits per heavy atom. The summed E-state index contributed by atoms with van der Waals surface area (Å²) in [5.74, 6) is 0.0734. The highest BCUT2D eigenvalue weighted by Gasteiger charge is 2.26. The molecule has 0 unspecified atom stereocenters. The minimum atomic E-state index is -0.965. The van der Waals surface area contributed by atoms with Gasteiger partial charge in [0.15, 0.2) is 0 Å². The predicted octanol–water partition coefficient (Wildman–Crippen LogP) is 5.36. The van der Waals surface area contributed by atoms with Crippen molar-refractivity contribution >= 4 is 40.2 Å². The number of rotatable bonds is 8. The fourth-order valence-electron chi connectivity index (χ4n) is 4.97. The molecule has 1 N–H and O–H groups in total. The molecule has 0 bridgehead atoms. The van der Waals surface area contributed by atoms with Gasteiger partial charge in [-0.15, -0.1) is 0 Å². The number of hydrogen-bond donors (Lipinski definition) is 1. The van der Waals surface area contributed by atoms with Gasteiger partial charge in [0.25, 0.3) is 0 Å². The van der Waals surface area contributed by atoms with Crippen molar-refractivity contribution in [3.63, 3.8) is 0 Å². The van der Waals surface area contributed by atoms with E-state index >= 15 is 0 Å². The molecule has 2 aromatic heterocycles. The van der Waals surface area contributed by atoms with Crippen LogP contribution < -0.4 is 4.74 Å². The number of halogens is 3. The van der Waals surface area contributed by atoms with E-state index in [4.69, 9.17) is 37.7 Å². The topological polar surface area (TPSA) is 89.7 Å². The molecule has 0 atom stereocenters. The van der Waals surface area contributed by atoms with E-state index in [2.05, 4.69) is 14.5 Å². The summed E-state index contributed by atoms with van der Waals surface area (Å²) in [4.78, 5) is 23.4. The van der Waals surface area contributed by atoms with Crippen LogP contribution in [0.4, 0.5) is 4.39 Å². The Kier molecular flexibility index (Phi) is 7.16. The monoisotopic (exact) mass is 570 g/mol. The van der Waals surface area contributed by atoms with Gasteiger partial charge in [-0.25, -0.2) is 19.2 Å². The molecular formula is C28H25Cl2FN4O4. The molecule has 2 aliphatic rings. The summed E-state index contributed by atoms with van der Waals surface area (Å²) in [5.41, 5.74) is 4.07. The van der Waals surface area contributed by atoms with E-state index in [1.165, 1.54) is 6.07 Å². The molecule has 2 aromatic carbocycles. The smallest absolute Gasteiger partial charge is 0.335 e. The summed E-state index contributed by atoms with van der Waals surface area (Å²) in [6.07, 6.45) is 0.758. The highest BCUT2D eigenvalue weighted by molar-refractivity contribution is 6.32. The summed E-state index contributed by atoms with van der Waals surface area (Å²) in [7, 11) is 0. The first-order valence-corrected chi connectivity index (χ1v) is 13.4. The third kappa shape index (κ3) is 5.45. The van der Waals surface area contributed by atoms with Gasteiger partial charge < -0.3 is 19.1 Å². The zero-order chi connectivity index (χ0) is 27.1. The number of ether oxygens (including phenoxy) is 2. The number of hydrogen-bond acceptors (Lipinski definition) is 6. The van der Waals surface area contributed by atoms with Crippen molar-refractivity contribution in [3.05, 3.63) is 86.5 Å². The highest BCUT2D eigenvalue weighted by atomic mass is 35.5. The van der Waals surface area contributed by atoms with Crippen LogP contribution in [0.25, 0.3) is 11.0 Å². The number of carbonyl (C=O) groups is 1. The Morgan fingerprint density at radius 1 is 1.15 bits per heavy atom. The van der Waals surface area contributed by atoms with Crippen molar-refractivity contribution < 1.29 is 23.8 Å². The molecule has 0 amide bonds. The van der Waals surface area contributed by atoms with Gasteiger partial charge in [0.05, 0.1) is 42.0 Å². The Balaban J connectivity index is 1.22. The first-order valence-electron chi connectivity index (χ1n) is 12.6. The van der Waals surface area contributed by atoms with Crippen LogP contribution in [0.5, 0.6) is 5.88 Å². The molecule has 6 rings (SSSR count). The lowest BCUT2D eigenvalue weighted by molar-refractivity contribution is -0.0394. The Labute approximate surface area is 233 Å². The molecule has 0 saturated carbocycles. The summed E-state index contributed by atoms with van der Waals surface area (Å²) in [6, 6.07) is 11.3. The van der Waals surface area contributed by atoms with Crippen molar-refractivity contribution in [3.8, 4) is 5.88 Å². The number of aromatic carboxylic acids is 1. The van der Waals surface area contributed by atoms with Crippen molar-refractivity contribution in [1.82, 2.24) is 19.4 Å². The van der Waals surface area contributed by atoms with E-state index in [1.54, 1.807) is 30.3 Å². The summed E-state index contributed by atoms with van der Waals surface area (Å²) >= 11 is 12.3. The second-order valence-corrected chi connectivity index (χ2v) is 10.8. The maximum absolute atomic E-state index is 14.2. The maximum atomic E-state index is 14.2. The Hall–Kier alpha value is -3.24. The molecule has 4 heterocycles. The van der Waals surface area contributed by atoms with E-state index in [0.717, 1.165) is 41.1 Å². The molecule has 1 fully saturated rings. The Morgan fingerprint density at radius 2 is 2.00 bits per heavy atom. The van der Waals surface area contributed by atoms with Gasteiger partial charge in [0.1, 0.15) is 23.3 Å². The van der Waals surface area contributed by atoms with Gasteiger partial charge in [-0.2, -0.15) is 0 Å². The van der Waals surface area contributed by atoms with Gasteiger partial charge in [0.2, 0.25) is 5.88 Å². The first-order chi connectivity index (χ1) is 18.8. The fourth-order valence-corrected chi connectivity index (χ4v) is 5.36. The van der Waals surface area contributed by atoms with Crippen LogP contribution in [-0.4, -0.2) is 50.3 Å². The third-order valence-electron chi connectivity index (χ3n) is 7.15. The molecule has 11 heteroatoms. The van der Waals surface area contributed by atoms with Crippen molar-refractivity contribution in [2.45, 2.75) is 32.7 Å². The van der Waals surface area contributed by atoms with Crippen molar-refractivity contribution in [2.75, 3.05) is 19.8 Å². The first kappa shape index (κ1) is 26.0. The van der Waals surface area contributed by atoms with Crippen LogP contribution in [0.3, 0.4) is 0 Å². The normalized spacial score (nSPS) is 15.8. The largest absolute Gasteiger partial charge is 0.478 e. The predicted molar refractivity (Wildman–Crippen MR) is 144 cm³/mol. The SMILES string of the molecule is O=C(O)c1ccc2nc(CN3CCc4cc(Cl)c(OCc5ccc(Cl)cc5F)nc4C3)n(CC3COC3)c2c1. The fraction of sp³-hybridized carbons (Fsp3) is 0.321. The molecular weight excluding hydrogens is 546 g/mol. The molecule has 8 nitrogen and oxygen atoms in total. The number of aromatic nitrogens is 3. The second kappa shape index (κ2) is 10.7. The molecule has 2 aliphatic heterocycles. The molecule has 4 aromatic rings. The van der Waals surface area contributed by atoms with E-state index in [9.17, 15) is 14.3 Å². The molecule has 1 saturated heterocycles. The van der Waals surface area contributed by atoms with Gasteiger partial charge in [0, 0.05) is 36.1 Å². The van der Waals surface area contributed by atoms with Crippen LogP contribution in [0, 0.1) is 11.7 Å². The van der Waals surface area contributed by atoms with Crippen LogP contribution in [-0.2, 0) is 37.4 Å².